The number of ether oxygens (including phenoxy) is 1. The summed E-state index contributed by atoms with van der Waals surface area (Å²) in [6.07, 6.45) is 4.19. The Morgan fingerprint density at radius 3 is 3.16 bits per heavy atom. The monoisotopic (exact) mass is 283 g/mol. The minimum atomic E-state index is 0.601. The molecule has 1 unspecified atom stereocenters. The molecular weight excluding hydrogens is 262 g/mol. The maximum Gasteiger partial charge on any atom is 0.128 e. The van der Waals surface area contributed by atoms with E-state index in [1.807, 2.05) is 7.05 Å². The van der Waals surface area contributed by atoms with Crippen LogP contribution in [0.15, 0.2) is 12.3 Å². The molecule has 5 heteroatoms. The van der Waals surface area contributed by atoms with Crippen LogP contribution < -0.4 is 10.2 Å². The summed E-state index contributed by atoms with van der Waals surface area (Å²) in [5.74, 6) is 1.62. The SMILES string of the molecule is CNCc1cc(N2CCCC(COC)C2)ncc1Cl. The predicted octanol–water partition coefficient (Wildman–Crippen LogP) is 2.32. The molecule has 0 aromatic carbocycles. The molecule has 2 heterocycles. The first-order valence-corrected chi connectivity index (χ1v) is 7.15. The molecule has 1 saturated heterocycles. The van der Waals surface area contributed by atoms with Crippen molar-refractivity contribution in [3.63, 3.8) is 0 Å². The van der Waals surface area contributed by atoms with Crippen molar-refractivity contribution in [2.45, 2.75) is 19.4 Å². The van der Waals surface area contributed by atoms with Gasteiger partial charge in [0.15, 0.2) is 0 Å². The third kappa shape index (κ3) is 3.81. The van der Waals surface area contributed by atoms with Crippen molar-refractivity contribution >= 4 is 17.4 Å². The van der Waals surface area contributed by atoms with E-state index in [1.165, 1.54) is 12.8 Å². The highest BCUT2D eigenvalue weighted by molar-refractivity contribution is 6.31. The zero-order chi connectivity index (χ0) is 13.7. The molecule has 19 heavy (non-hydrogen) atoms. The number of piperidine rings is 1. The number of hydrogen-bond acceptors (Lipinski definition) is 4. The van der Waals surface area contributed by atoms with E-state index in [-0.39, 0.29) is 0 Å². The van der Waals surface area contributed by atoms with Crippen LogP contribution in [0.1, 0.15) is 18.4 Å². The lowest BCUT2D eigenvalue weighted by atomic mass is 9.99. The molecule has 2 rings (SSSR count). The zero-order valence-corrected chi connectivity index (χ0v) is 12.4. The van der Waals surface area contributed by atoms with Crippen LogP contribution in [0.4, 0.5) is 5.82 Å². The zero-order valence-electron chi connectivity index (χ0n) is 11.7. The van der Waals surface area contributed by atoms with Crippen LogP contribution in [0.5, 0.6) is 0 Å². The number of halogens is 1. The maximum atomic E-state index is 6.15. The summed E-state index contributed by atoms with van der Waals surface area (Å²) in [6.45, 7) is 3.67. The number of nitrogens with zero attached hydrogens (tertiary/aromatic N) is 2. The standard InChI is InChI=1S/C14H22ClN3O/c1-16-7-12-6-14(17-8-13(12)15)18-5-3-4-11(9-18)10-19-2/h6,8,11,16H,3-5,7,9-10H2,1-2H3. The van der Waals surface area contributed by atoms with Gasteiger partial charge < -0.3 is 15.0 Å². The topological polar surface area (TPSA) is 37.4 Å². The molecule has 1 aromatic rings. The van der Waals surface area contributed by atoms with E-state index < -0.39 is 0 Å². The number of pyridine rings is 1. The molecule has 106 valence electrons. The smallest absolute Gasteiger partial charge is 0.128 e. The first-order chi connectivity index (χ1) is 9.24. The molecule has 0 spiro atoms. The van der Waals surface area contributed by atoms with Crippen molar-refractivity contribution in [2.24, 2.45) is 5.92 Å². The van der Waals surface area contributed by atoms with Crippen LogP contribution in [0, 0.1) is 5.92 Å². The number of methoxy groups -OCH3 is 1. The summed E-state index contributed by atoms with van der Waals surface area (Å²) in [5, 5.41) is 3.86. The molecule has 1 aliphatic rings. The van der Waals surface area contributed by atoms with Gasteiger partial charge >= 0.3 is 0 Å². The van der Waals surface area contributed by atoms with Crippen LogP contribution in [-0.4, -0.2) is 38.8 Å². The van der Waals surface area contributed by atoms with E-state index in [1.54, 1.807) is 13.3 Å². The summed E-state index contributed by atoms with van der Waals surface area (Å²) in [5.41, 5.74) is 1.10. The fraction of sp³-hybridized carbons (Fsp3) is 0.643. The fourth-order valence-electron chi connectivity index (χ4n) is 2.61. The molecule has 1 fully saturated rings. The minimum absolute atomic E-state index is 0.601. The van der Waals surface area contributed by atoms with Crippen LogP contribution in [0.2, 0.25) is 5.02 Å². The lowest BCUT2D eigenvalue weighted by molar-refractivity contribution is 0.143. The van der Waals surface area contributed by atoms with Gasteiger partial charge in [-0.1, -0.05) is 11.6 Å². The Hall–Kier alpha value is -0.840. The quantitative estimate of drug-likeness (QED) is 0.900. The van der Waals surface area contributed by atoms with Gasteiger partial charge in [0.1, 0.15) is 5.82 Å². The van der Waals surface area contributed by atoms with Gasteiger partial charge in [0.25, 0.3) is 0 Å². The number of hydrogen-bond donors (Lipinski definition) is 1. The Labute approximate surface area is 120 Å². The molecule has 0 bridgehead atoms. The summed E-state index contributed by atoms with van der Waals surface area (Å²) < 4.78 is 5.27. The third-order valence-electron chi connectivity index (χ3n) is 3.53. The second-order valence-corrected chi connectivity index (χ2v) is 5.48. The second-order valence-electron chi connectivity index (χ2n) is 5.07. The van der Waals surface area contributed by atoms with Gasteiger partial charge in [0.05, 0.1) is 11.6 Å². The van der Waals surface area contributed by atoms with Gasteiger partial charge in [-0.05, 0) is 37.4 Å². The van der Waals surface area contributed by atoms with Crippen LogP contribution >= 0.6 is 11.6 Å². The first-order valence-electron chi connectivity index (χ1n) is 6.77. The highest BCUT2D eigenvalue weighted by Crippen LogP contribution is 2.25. The largest absolute Gasteiger partial charge is 0.384 e. The van der Waals surface area contributed by atoms with Crippen molar-refractivity contribution in [1.82, 2.24) is 10.3 Å². The highest BCUT2D eigenvalue weighted by Gasteiger charge is 2.21. The summed E-state index contributed by atoms with van der Waals surface area (Å²) in [4.78, 5) is 6.80. The van der Waals surface area contributed by atoms with Gasteiger partial charge in [0, 0.05) is 32.9 Å². The van der Waals surface area contributed by atoms with E-state index in [4.69, 9.17) is 16.3 Å². The predicted molar refractivity (Wildman–Crippen MR) is 78.8 cm³/mol. The molecule has 1 N–H and O–H groups in total. The first kappa shape index (κ1) is 14.6. The average Bonchev–Trinajstić information content (AvgIpc) is 2.42. The third-order valence-corrected chi connectivity index (χ3v) is 3.87. The van der Waals surface area contributed by atoms with Crippen LogP contribution in [-0.2, 0) is 11.3 Å². The highest BCUT2D eigenvalue weighted by atomic mass is 35.5. The van der Waals surface area contributed by atoms with E-state index in [0.717, 1.165) is 42.6 Å². The molecule has 0 aliphatic carbocycles. The van der Waals surface area contributed by atoms with Gasteiger partial charge in [-0.25, -0.2) is 4.98 Å². The van der Waals surface area contributed by atoms with Gasteiger partial charge in [0.2, 0.25) is 0 Å². The molecule has 1 aliphatic heterocycles. The summed E-state index contributed by atoms with van der Waals surface area (Å²) >= 11 is 6.15. The lowest BCUT2D eigenvalue weighted by Crippen LogP contribution is -2.37. The van der Waals surface area contributed by atoms with Crippen LogP contribution in [0.25, 0.3) is 0 Å². The fourth-order valence-corrected chi connectivity index (χ4v) is 2.78. The number of nitrogens with one attached hydrogen (secondary N) is 1. The van der Waals surface area contributed by atoms with Crippen molar-refractivity contribution in [1.29, 1.82) is 0 Å². The Balaban J connectivity index is 2.10. The maximum absolute atomic E-state index is 6.15. The van der Waals surface area contributed by atoms with Crippen molar-refractivity contribution in [3.8, 4) is 0 Å². The Kier molecular flexibility index (Phi) is 5.43. The molecule has 4 nitrogen and oxygen atoms in total. The minimum Gasteiger partial charge on any atom is -0.384 e. The summed E-state index contributed by atoms with van der Waals surface area (Å²) in [7, 11) is 3.69. The molecule has 1 atom stereocenters. The van der Waals surface area contributed by atoms with Crippen molar-refractivity contribution in [2.75, 3.05) is 38.8 Å². The number of rotatable bonds is 5. The van der Waals surface area contributed by atoms with Gasteiger partial charge in [-0.15, -0.1) is 0 Å². The van der Waals surface area contributed by atoms with E-state index >= 15 is 0 Å². The Bertz CT molecular complexity index is 412. The number of anilines is 1. The Morgan fingerprint density at radius 2 is 2.42 bits per heavy atom. The van der Waals surface area contributed by atoms with E-state index in [0.29, 0.717) is 5.92 Å². The number of aromatic nitrogens is 1. The lowest BCUT2D eigenvalue weighted by Gasteiger charge is -2.33. The molecule has 0 amide bonds. The van der Waals surface area contributed by atoms with Gasteiger partial charge in [-0.3, -0.25) is 0 Å². The van der Waals surface area contributed by atoms with Gasteiger partial charge in [-0.2, -0.15) is 0 Å². The second kappa shape index (κ2) is 7.08. The van der Waals surface area contributed by atoms with Crippen LogP contribution in [0.3, 0.4) is 0 Å². The summed E-state index contributed by atoms with van der Waals surface area (Å²) in [6, 6.07) is 2.09. The molecule has 0 radical (unpaired) electrons. The van der Waals surface area contributed by atoms with Crippen molar-refractivity contribution in [3.05, 3.63) is 22.8 Å². The van der Waals surface area contributed by atoms with Crippen molar-refractivity contribution < 1.29 is 4.74 Å². The normalized spacial score (nSPS) is 19.7. The Morgan fingerprint density at radius 1 is 1.58 bits per heavy atom. The van der Waals surface area contributed by atoms with E-state index in [2.05, 4.69) is 21.3 Å². The molecule has 1 aromatic heterocycles. The molecular formula is C14H22ClN3O. The van der Waals surface area contributed by atoms with E-state index in [9.17, 15) is 0 Å². The average molecular weight is 284 g/mol. The molecule has 0 saturated carbocycles.